The molecule has 1 atom stereocenters. The van der Waals surface area contributed by atoms with E-state index in [1.807, 2.05) is 30.3 Å². The van der Waals surface area contributed by atoms with Gasteiger partial charge < -0.3 is 15.1 Å². The third-order valence-corrected chi connectivity index (χ3v) is 3.83. The van der Waals surface area contributed by atoms with E-state index in [0.29, 0.717) is 0 Å². The van der Waals surface area contributed by atoms with Crippen molar-refractivity contribution in [2.45, 2.75) is 44.5 Å². The van der Waals surface area contributed by atoms with E-state index in [2.05, 4.69) is 0 Å². The molecule has 1 saturated carbocycles. The summed E-state index contributed by atoms with van der Waals surface area (Å²) >= 11 is 0. The van der Waals surface area contributed by atoms with Crippen molar-refractivity contribution in [1.82, 2.24) is 4.73 Å². The van der Waals surface area contributed by atoms with Crippen molar-refractivity contribution >= 4 is 10.9 Å². The highest BCUT2D eigenvalue weighted by atomic mass is 16.7. The van der Waals surface area contributed by atoms with Crippen molar-refractivity contribution < 1.29 is 15.1 Å². The zero-order valence-electron chi connectivity index (χ0n) is 11.0. The first-order valence-electron chi connectivity index (χ1n) is 6.79. The average Bonchev–Trinajstić information content (AvgIpc) is 2.95. The monoisotopic (exact) mass is 261 g/mol. The van der Waals surface area contributed by atoms with Crippen LogP contribution in [0.15, 0.2) is 30.3 Å². The van der Waals surface area contributed by atoms with Crippen LogP contribution >= 0.6 is 0 Å². The summed E-state index contributed by atoms with van der Waals surface area (Å²) in [5, 5.41) is 21.3. The Hall–Kier alpha value is -1.52. The first kappa shape index (κ1) is 12.5. The maximum absolute atomic E-state index is 10.8. The number of benzene rings is 1. The maximum atomic E-state index is 10.8. The molecule has 1 unspecified atom stereocenters. The van der Waals surface area contributed by atoms with Gasteiger partial charge in [0.15, 0.2) is 0 Å². The molecular weight excluding hydrogens is 242 g/mol. The average molecular weight is 261 g/mol. The van der Waals surface area contributed by atoms with E-state index in [9.17, 15) is 10.2 Å². The summed E-state index contributed by atoms with van der Waals surface area (Å²) in [4.78, 5) is 5.49. The molecule has 102 valence electrons. The SMILES string of the molecule is CC(O)On1c(C2(O)CCCC2)cc2ccccc21. The van der Waals surface area contributed by atoms with Gasteiger partial charge in [-0.15, -0.1) is 0 Å². The van der Waals surface area contributed by atoms with Gasteiger partial charge in [0.1, 0.15) is 5.60 Å². The Balaban J connectivity index is 2.16. The zero-order chi connectivity index (χ0) is 13.5. The lowest BCUT2D eigenvalue weighted by molar-refractivity contribution is -0.0990. The summed E-state index contributed by atoms with van der Waals surface area (Å²) in [6.45, 7) is 1.57. The van der Waals surface area contributed by atoms with Crippen molar-refractivity contribution in [2.24, 2.45) is 0 Å². The molecule has 0 amide bonds. The van der Waals surface area contributed by atoms with E-state index in [1.54, 1.807) is 11.7 Å². The van der Waals surface area contributed by atoms with Gasteiger partial charge in [0.25, 0.3) is 0 Å². The Labute approximate surface area is 112 Å². The Morgan fingerprint density at radius 2 is 1.95 bits per heavy atom. The minimum Gasteiger partial charge on any atom is -0.383 e. The normalized spacial score (nSPS) is 19.7. The zero-order valence-corrected chi connectivity index (χ0v) is 11.0. The topological polar surface area (TPSA) is 54.6 Å². The number of nitrogens with zero attached hydrogens (tertiary/aromatic N) is 1. The first-order valence-corrected chi connectivity index (χ1v) is 6.79. The van der Waals surface area contributed by atoms with Gasteiger partial charge in [-0.1, -0.05) is 31.0 Å². The summed E-state index contributed by atoms with van der Waals surface area (Å²) in [6, 6.07) is 9.76. The second-order valence-corrected chi connectivity index (χ2v) is 5.33. The Kier molecular flexibility index (Phi) is 2.99. The summed E-state index contributed by atoms with van der Waals surface area (Å²) in [6.07, 6.45) is 2.61. The van der Waals surface area contributed by atoms with E-state index < -0.39 is 11.9 Å². The molecule has 4 heteroatoms. The van der Waals surface area contributed by atoms with Crippen molar-refractivity contribution in [1.29, 1.82) is 0 Å². The van der Waals surface area contributed by atoms with E-state index in [4.69, 9.17) is 4.84 Å². The number of rotatable bonds is 3. The minimum atomic E-state index is -0.917. The molecule has 1 aromatic heterocycles. The Bertz CT molecular complexity index is 582. The van der Waals surface area contributed by atoms with E-state index >= 15 is 0 Å². The largest absolute Gasteiger partial charge is 0.383 e. The summed E-state index contributed by atoms with van der Waals surface area (Å²) in [5.74, 6) is 0. The van der Waals surface area contributed by atoms with Gasteiger partial charge in [-0.05, 0) is 25.0 Å². The smallest absolute Gasteiger partial charge is 0.219 e. The molecule has 1 aliphatic rings. The van der Waals surface area contributed by atoms with Crippen molar-refractivity contribution in [3.8, 4) is 0 Å². The fourth-order valence-electron chi connectivity index (χ4n) is 2.94. The van der Waals surface area contributed by atoms with Crippen LogP contribution in [0.2, 0.25) is 0 Å². The second-order valence-electron chi connectivity index (χ2n) is 5.33. The molecular formula is C15H19NO3. The highest BCUT2D eigenvalue weighted by molar-refractivity contribution is 5.81. The van der Waals surface area contributed by atoms with Gasteiger partial charge in [0.2, 0.25) is 6.29 Å². The van der Waals surface area contributed by atoms with Crippen LogP contribution in [-0.4, -0.2) is 21.2 Å². The Morgan fingerprint density at radius 1 is 1.26 bits per heavy atom. The molecule has 2 aromatic rings. The number of aromatic nitrogens is 1. The molecule has 2 N–H and O–H groups in total. The van der Waals surface area contributed by atoms with Crippen LogP contribution in [0.5, 0.6) is 0 Å². The molecule has 3 rings (SSSR count). The molecule has 0 saturated heterocycles. The minimum absolute atomic E-state index is 0.743. The van der Waals surface area contributed by atoms with Crippen LogP contribution in [-0.2, 0) is 5.60 Å². The van der Waals surface area contributed by atoms with Gasteiger partial charge in [0, 0.05) is 12.3 Å². The number of aliphatic hydroxyl groups is 2. The third-order valence-electron chi connectivity index (χ3n) is 3.83. The van der Waals surface area contributed by atoms with Crippen molar-refractivity contribution in [3.63, 3.8) is 0 Å². The molecule has 1 fully saturated rings. The molecule has 1 heterocycles. The number of fused-ring (bicyclic) bond motifs is 1. The highest BCUT2D eigenvalue weighted by Crippen LogP contribution is 2.40. The number of para-hydroxylation sites is 1. The van der Waals surface area contributed by atoms with Crippen molar-refractivity contribution in [2.75, 3.05) is 0 Å². The Morgan fingerprint density at radius 3 is 2.63 bits per heavy atom. The highest BCUT2D eigenvalue weighted by Gasteiger charge is 2.37. The molecule has 0 spiro atoms. The summed E-state index contributed by atoms with van der Waals surface area (Å²) in [5.41, 5.74) is 0.777. The predicted octanol–water partition coefficient (Wildman–Crippen LogP) is 2.17. The number of aliphatic hydroxyl groups excluding tert-OH is 1. The third kappa shape index (κ3) is 2.11. The van der Waals surface area contributed by atoms with Gasteiger partial charge >= 0.3 is 0 Å². The lowest BCUT2D eigenvalue weighted by atomic mass is 9.98. The molecule has 4 nitrogen and oxygen atoms in total. The summed E-state index contributed by atoms with van der Waals surface area (Å²) in [7, 11) is 0. The maximum Gasteiger partial charge on any atom is 0.219 e. The molecule has 19 heavy (non-hydrogen) atoms. The van der Waals surface area contributed by atoms with Gasteiger partial charge in [-0.25, -0.2) is 0 Å². The number of hydrogen-bond acceptors (Lipinski definition) is 3. The summed E-state index contributed by atoms with van der Waals surface area (Å²) < 4.78 is 1.59. The molecule has 0 bridgehead atoms. The van der Waals surface area contributed by atoms with E-state index in [-0.39, 0.29) is 0 Å². The van der Waals surface area contributed by atoms with Crippen molar-refractivity contribution in [3.05, 3.63) is 36.0 Å². The molecule has 1 aliphatic carbocycles. The number of hydrogen-bond donors (Lipinski definition) is 2. The van der Waals surface area contributed by atoms with Crippen LogP contribution in [0.3, 0.4) is 0 Å². The predicted molar refractivity (Wildman–Crippen MR) is 72.6 cm³/mol. The van der Waals surface area contributed by atoms with Crippen LogP contribution < -0.4 is 4.84 Å². The lowest BCUT2D eigenvalue weighted by Crippen LogP contribution is -2.30. The quantitative estimate of drug-likeness (QED) is 0.833. The standard InChI is InChI=1S/C15H19NO3/c1-11(17)19-16-13-7-3-2-6-12(13)10-14(16)15(18)8-4-5-9-15/h2-3,6-7,10-11,17-18H,4-5,8-9H2,1H3. The molecule has 0 radical (unpaired) electrons. The van der Waals surface area contributed by atoms with E-state index in [1.165, 1.54) is 0 Å². The molecule has 1 aromatic carbocycles. The van der Waals surface area contributed by atoms with Crippen LogP contribution in [0.1, 0.15) is 38.3 Å². The second kappa shape index (κ2) is 4.54. The van der Waals surface area contributed by atoms with Crippen LogP contribution in [0, 0.1) is 0 Å². The van der Waals surface area contributed by atoms with Gasteiger partial charge in [-0.3, -0.25) is 0 Å². The molecule has 0 aliphatic heterocycles. The lowest BCUT2D eigenvalue weighted by Gasteiger charge is -2.25. The van der Waals surface area contributed by atoms with Gasteiger partial charge in [0.05, 0.1) is 11.2 Å². The van der Waals surface area contributed by atoms with Gasteiger partial charge in [-0.2, -0.15) is 4.73 Å². The van der Waals surface area contributed by atoms with Crippen LogP contribution in [0.4, 0.5) is 0 Å². The first-order chi connectivity index (χ1) is 9.10. The van der Waals surface area contributed by atoms with Crippen LogP contribution in [0.25, 0.3) is 10.9 Å². The van der Waals surface area contributed by atoms with E-state index in [0.717, 1.165) is 42.3 Å². The fraction of sp³-hybridized carbons (Fsp3) is 0.467. The fourth-order valence-corrected chi connectivity index (χ4v) is 2.94.